The average Bonchev–Trinajstić information content (AvgIpc) is 3.70. The number of furan rings is 1. The van der Waals surface area contributed by atoms with E-state index in [0.29, 0.717) is 29.5 Å². The number of hydrogen-bond acceptors (Lipinski definition) is 5. The summed E-state index contributed by atoms with van der Waals surface area (Å²) in [4.78, 5) is 14.5. The summed E-state index contributed by atoms with van der Waals surface area (Å²) in [6.45, 7) is 6.26. The van der Waals surface area contributed by atoms with Gasteiger partial charge >= 0.3 is 6.18 Å². The van der Waals surface area contributed by atoms with Crippen LogP contribution < -0.4 is 10.9 Å². The number of aromatic nitrogens is 3. The van der Waals surface area contributed by atoms with Crippen LogP contribution in [-0.4, -0.2) is 21.3 Å². The first-order valence-electron chi connectivity index (χ1n) is 14.7. The fraction of sp³-hybridized carbons (Fsp3) is 0.438. The van der Waals surface area contributed by atoms with Crippen molar-refractivity contribution >= 4 is 21.8 Å². The maximum atomic E-state index is 13.9. The van der Waals surface area contributed by atoms with Gasteiger partial charge in [0.25, 0.3) is 0 Å². The van der Waals surface area contributed by atoms with Crippen molar-refractivity contribution < 1.29 is 22.1 Å². The molecular formula is C32H37F3N4O3. The molecule has 10 heteroatoms. The van der Waals surface area contributed by atoms with Gasteiger partial charge in [-0.3, -0.25) is 4.79 Å². The smallest absolute Gasteiger partial charge is 0.417 e. The lowest BCUT2D eigenvalue weighted by molar-refractivity contribution is -0.136. The lowest BCUT2D eigenvalue weighted by atomic mass is 10.0. The van der Waals surface area contributed by atoms with E-state index in [1.807, 2.05) is 38.1 Å². The second kappa shape index (κ2) is 13.0. The molecule has 0 unspecified atom stereocenters. The SMILES string of the molecule is CCc1c(C)c2c3c(C(F)(F)F)cc(=O)[nH]c3ccc2n1CCCCCCCCCNCc1cc(-c2ccco2)on1. The van der Waals surface area contributed by atoms with Gasteiger partial charge in [-0.1, -0.05) is 44.2 Å². The molecule has 4 heterocycles. The van der Waals surface area contributed by atoms with Crippen molar-refractivity contribution in [1.82, 2.24) is 20.0 Å². The predicted octanol–water partition coefficient (Wildman–Crippen LogP) is 8.14. The van der Waals surface area contributed by atoms with Crippen LogP contribution in [0.4, 0.5) is 13.2 Å². The van der Waals surface area contributed by atoms with E-state index in [2.05, 4.69) is 20.0 Å². The quantitative estimate of drug-likeness (QED) is 0.129. The lowest BCUT2D eigenvalue weighted by Crippen LogP contribution is -2.14. The topological polar surface area (TPSA) is 89.0 Å². The second-order valence-corrected chi connectivity index (χ2v) is 10.8. The number of benzene rings is 1. The van der Waals surface area contributed by atoms with Gasteiger partial charge in [0.1, 0.15) is 0 Å². The third kappa shape index (κ3) is 6.48. The van der Waals surface area contributed by atoms with Crippen LogP contribution in [0.15, 0.2) is 56.4 Å². The van der Waals surface area contributed by atoms with Crippen LogP contribution in [0, 0.1) is 6.92 Å². The number of fused-ring (bicyclic) bond motifs is 3. The Morgan fingerprint density at radius 1 is 0.976 bits per heavy atom. The summed E-state index contributed by atoms with van der Waals surface area (Å²) in [6, 6.07) is 9.66. The Balaban J connectivity index is 1.08. The molecule has 5 aromatic rings. The number of aromatic amines is 1. The van der Waals surface area contributed by atoms with E-state index in [1.165, 1.54) is 6.42 Å². The van der Waals surface area contributed by atoms with Crippen molar-refractivity contribution in [2.45, 2.75) is 84.5 Å². The van der Waals surface area contributed by atoms with Gasteiger partial charge in [0, 0.05) is 52.7 Å². The minimum atomic E-state index is -4.61. The number of H-pyrrole nitrogens is 1. The van der Waals surface area contributed by atoms with E-state index < -0.39 is 17.3 Å². The van der Waals surface area contributed by atoms with Gasteiger partial charge in [-0.2, -0.15) is 13.2 Å². The molecule has 4 aromatic heterocycles. The number of aryl methyl sites for hydroxylation is 2. The highest BCUT2D eigenvalue weighted by atomic mass is 19.4. The highest BCUT2D eigenvalue weighted by Gasteiger charge is 2.34. The van der Waals surface area contributed by atoms with Gasteiger partial charge in [-0.15, -0.1) is 0 Å². The van der Waals surface area contributed by atoms with Crippen molar-refractivity contribution in [3.05, 3.63) is 75.5 Å². The summed E-state index contributed by atoms with van der Waals surface area (Å²) in [6.07, 6.45) is 5.46. The molecule has 224 valence electrons. The van der Waals surface area contributed by atoms with Crippen LogP contribution >= 0.6 is 0 Å². The maximum Gasteiger partial charge on any atom is 0.417 e. The molecule has 7 nitrogen and oxygen atoms in total. The van der Waals surface area contributed by atoms with Gasteiger partial charge < -0.3 is 23.8 Å². The van der Waals surface area contributed by atoms with Crippen LogP contribution in [0.2, 0.25) is 0 Å². The Morgan fingerprint density at radius 3 is 2.45 bits per heavy atom. The molecule has 42 heavy (non-hydrogen) atoms. The van der Waals surface area contributed by atoms with Crippen molar-refractivity contribution in [2.75, 3.05) is 6.54 Å². The highest BCUT2D eigenvalue weighted by Crippen LogP contribution is 2.39. The van der Waals surface area contributed by atoms with Gasteiger partial charge in [0.05, 0.1) is 17.5 Å². The number of pyridine rings is 1. The lowest BCUT2D eigenvalue weighted by Gasteiger charge is -2.12. The van der Waals surface area contributed by atoms with E-state index in [1.54, 1.807) is 12.3 Å². The second-order valence-electron chi connectivity index (χ2n) is 10.8. The first-order chi connectivity index (χ1) is 20.3. The van der Waals surface area contributed by atoms with Crippen LogP contribution in [0.1, 0.15) is 74.4 Å². The summed E-state index contributed by atoms with van der Waals surface area (Å²) < 4.78 is 54.6. The Labute approximate surface area is 242 Å². The molecule has 0 amide bonds. The Hall–Kier alpha value is -3.79. The number of nitrogens with zero attached hydrogens (tertiary/aromatic N) is 2. The van der Waals surface area contributed by atoms with Crippen molar-refractivity contribution in [3.63, 3.8) is 0 Å². The molecule has 1 aromatic carbocycles. The monoisotopic (exact) mass is 582 g/mol. The number of rotatable bonds is 14. The van der Waals surface area contributed by atoms with Gasteiger partial charge in [0.2, 0.25) is 11.3 Å². The van der Waals surface area contributed by atoms with Crippen LogP contribution in [0.25, 0.3) is 33.3 Å². The molecule has 0 aliphatic carbocycles. The minimum Gasteiger partial charge on any atom is -0.461 e. The summed E-state index contributed by atoms with van der Waals surface area (Å²) in [7, 11) is 0. The largest absolute Gasteiger partial charge is 0.461 e. The molecular weight excluding hydrogens is 545 g/mol. The zero-order chi connectivity index (χ0) is 29.7. The standard InChI is InChI=1S/C32H37F3N4O3/c1-3-25-21(2)30-26(14-13-24-31(30)23(32(33,34)35)19-29(40)37-24)39(25)16-10-8-6-4-5-7-9-15-36-20-22-18-28(42-38-22)27-12-11-17-41-27/h11-14,17-19,36H,3-10,15-16,20H2,1-2H3,(H,37,40). The van der Waals surface area contributed by atoms with E-state index in [-0.39, 0.29) is 10.9 Å². The Bertz CT molecular complexity index is 1680. The van der Waals surface area contributed by atoms with E-state index >= 15 is 0 Å². The highest BCUT2D eigenvalue weighted by molar-refractivity contribution is 6.09. The molecule has 0 spiro atoms. The fourth-order valence-electron chi connectivity index (χ4n) is 5.93. The van der Waals surface area contributed by atoms with Crippen molar-refractivity contribution in [2.24, 2.45) is 0 Å². The minimum absolute atomic E-state index is 0.0831. The zero-order valence-corrected chi connectivity index (χ0v) is 24.1. The first-order valence-corrected chi connectivity index (χ1v) is 14.7. The maximum absolute atomic E-state index is 13.9. The Morgan fingerprint density at radius 2 is 1.74 bits per heavy atom. The molecule has 2 N–H and O–H groups in total. The number of hydrogen-bond donors (Lipinski definition) is 2. The number of unbranched alkanes of at least 4 members (excludes halogenated alkanes) is 6. The van der Waals surface area contributed by atoms with Gasteiger partial charge in [-0.05, 0) is 62.6 Å². The molecule has 5 rings (SSSR count). The number of halogens is 3. The third-order valence-electron chi connectivity index (χ3n) is 7.92. The molecule has 0 aliphatic heterocycles. The summed E-state index contributed by atoms with van der Waals surface area (Å²) in [5, 5.41) is 8.15. The fourth-order valence-corrected chi connectivity index (χ4v) is 5.93. The van der Waals surface area contributed by atoms with Crippen LogP contribution in [0.3, 0.4) is 0 Å². The number of nitrogens with one attached hydrogen (secondary N) is 2. The molecule has 0 aliphatic rings. The molecule has 0 radical (unpaired) electrons. The summed E-state index contributed by atoms with van der Waals surface area (Å²) in [5.74, 6) is 1.30. The van der Waals surface area contributed by atoms with Crippen molar-refractivity contribution in [3.8, 4) is 11.5 Å². The Kier molecular flexibility index (Phi) is 9.21. The molecule has 0 atom stereocenters. The zero-order valence-electron chi connectivity index (χ0n) is 24.1. The number of alkyl halides is 3. The molecule has 0 saturated heterocycles. The molecule has 0 fully saturated rings. The average molecular weight is 583 g/mol. The van der Waals surface area contributed by atoms with Crippen molar-refractivity contribution in [1.29, 1.82) is 0 Å². The summed E-state index contributed by atoms with van der Waals surface area (Å²) in [5.41, 5.74) is 2.15. The van der Waals surface area contributed by atoms with E-state index in [0.717, 1.165) is 80.5 Å². The van der Waals surface area contributed by atoms with E-state index in [4.69, 9.17) is 8.94 Å². The summed E-state index contributed by atoms with van der Waals surface area (Å²) >= 11 is 0. The first kappa shape index (κ1) is 29.7. The third-order valence-corrected chi connectivity index (χ3v) is 7.92. The van der Waals surface area contributed by atoms with Gasteiger partial charge in [0.15, 0.2) is 5.76 Å². The normalized spacial score (nSPS) is 12.2. The van der Waals surface area contributed by atoms with Crippen LogP contribution in [0.5, 0.6) is 0 Å². The van der Waals surface area contributed by atoms with Crippen LogP contribution in [-0.2, 0) is 25.7 Å². The molecule has 0 bridgehead atoms. The van der Waals surface area contributed by atoms with Gasteiger partial charge in [-0.25, -0.2) is 0 Å². The predicted molar refractivity (Wildman–Crippen MR) is 157 cm³/mol. The van der Waals surface area contributed by atoms with E-state index in [9.17, 15) is 18.0 Å². The molecule has 0 saturated carbocycles.